The number of aryl methyl sites for hydroxylation is 1. The minimum absolute atomic E-state index is 0.0656. The number of rotatable bonds is 10. The average Bonchev–Trinajstić information content (AvgIpc) is 3.06. The van der Waals surface area contributed by atoms with E-state index in [1.807, 2.05) is 30.1 Å². The third-order valence-corrected chi connectivity index (χ3v) is 4.98. The second-order valence-corrected chi connectivity index (χ2v) is 7.16. The van der Waals surface area contributed by atoms with E-state index in [4.69, 9.17) is 0 Å². The lowest BCUT2D eigenvalue weighted by Crippen LogP contribution is -2.36. The maximum absolute atomic E-state index is 12.0. The molecule has 6 heteroatoms. The van der Waals surface area contributed by atoms with Gasteiger partial charge < -0.3 is 10.2 Å². The summed E-state index contributed by atoms with van der Waals surface area (Å²) < 4.78 is 0. The molecule has 0 aliphatic carbocycles. The normalized spacial score (nSPS) is 10.9. The van der Waals surface area contributed by atoms with E-state index in [0.29, 0.717) is 19.6 Å². The van der Waals surface area contributed by atoms with Crippen LogP contribution < -0.4 is 10.2 Å². The molecule has 0 atom stereocenters. The summed E-state index contributed by atoms with van der Waals surface area (Å²) in [5.74, 6) is 0.0656. The minimum Gasteiger partial charge on any atom is -0.375 e. The highest BCUT2D eigenvalue weighted by Gasteiger charge is 2.09. The molecule has 0 bridgehead atoms. The van der Waals surface area contributed by atoms with Crippen molar-refractivity contribution in [3.63, 3.8) is 0 Å². The van der Waals surface area contributed by atoms with Crippen LogP contribution in [-0.2, 0) is 17.8 Å². The van der Waals surface area contributed by atoms with Crippen molar-refractivity contribution >= 4 is 22.9 Å². The van der Waals surface area contributed by atoms with Crippen molar-refractivity contribution in [2.24, 2.45) is 0 Å². The van der Waals surface area contributed by atoms with Crippen LogP contribution in [0.5, 0.6) is 0 Å². The Hall–Kier alpha value is -1.92. The SMILES string of the molecule is CCc1nc(CN(C)CC(=O)NCCCN(C)c2ccccc2)cs1. The Balaban J connectivity index is 1.61. The molecule has 1 aromatic carbocycles. The summed E-state index contributed by atoms with van der Waals surface area (Å²) >= 11 is 1.69. The Morgan fingerprint density at radius 1 is 1.24 bits per heavy atom. The van der Waals surface area contributed by atoms with Crippen LogP contribution >= 0.6 is 11.3 Å². The van der Waals surface area contributed by atoms with Crippen molar-refractivity contribution in [2.75, 3.05) is 38.6 Å². The van der Waals surface area contributed by atoms with Crippen molar-refractivity contribution in [1.29, 1.82) is 0 Å². The van der Waals surface area contributed by atoms with E-state index < -0.39 is 0 Å². The highest BCUT2D eigenvalue weighted by Crippen LogP contribution is 2.12. The second-order valence-electron chi connectivity index (χ2n) is 6.22. The van der Waals surface area contributed by atoms with Crippen molar-refractivity contribution in [2.45, 2.75) is 26.3 Å². The maximum atomic E-state index is 12.0. The zero-order valence-corrected chi connectivity index (χ0v) is 16.2. The first kappa shape index (κ1) is 19.4. The lowest BCUT2D eigenvalue weighted by molar-refractivity contribution is -0.122. The Bertz CT molecular complexity index is 644. The van der Waals surface area contributed by atoms with Gasteiger partial charge in [-0.25, -0.2) is 4.98 Å². The molecule has 2 rings (SSSR count). The topological polar surface area (TPSA) is 48.5 Å². The van der Waals surface area contributed by atoms with Crippen molar-refractivity contribution in [3.05, 3.63) is 46.4 Å². The van der Waals surface area contributed by atoms with E-state index in [1.165, 1.54) is 5.69 Å². The van der Waals surface area contributed by atoms with Crippen LogP contribution in [0.15, 0.2) is 35.7 Å². The fourth-order valence-electron chi connectivity index (χ4n) is 2.57. The average molecular weight is 361 g/mol. The van der Waals surface area contributed by atoms with Gasteiger partial charge in [-0.05, 0) is 32.0 Å². The largest absolute Gasteiger partial charge is 0.375 e. The first-order chi connectivity index (χ1) is 12.1. The lowest BCUT2D eigenvalue weighted by Gasteiger charge is -2.19. The van der Waals surface area contributed by atoms with Gasteiger partial charge in [0.15, 0.2) is 0 Å². The van der Waals surface area contributed by atoms with Gasteiger partial charge in [0.25, 0.3) is 0 Å². The van der Waals surface area contributed by atoms with Gasteiger partial charge in [-0.15, -0.1) is 11.3 Å². The number of likely N-dealkylation sites (N-methyl/N-ethyl adjacent to an activating group) is 1. The smallest absolute Gasteiger partial charge is 0.234 e. The number of carbonyl (C=O) groups is 1. The number of para-hydroxylation sites is 1. The molecular formula is C19H28N4OS. The quantitative estimate of drug-likeness (QED) is 0.662. The highest BCUT2D eigenvalue weighted by molar-refractivity contribution is 7.09. The molecule has 0 radical (unpaired) electrons. The molecular weight excluding hydrogens is 332 g/mol. The summed E-state index contributed by atoms with van der Waals surface area (Å²) in [5.41, 5.74) is 2.24. The van der Waals surface area contributed by atoms with Gasteiger partial charge in [0.2, 0.25) is 5.91 Å². The zero-order chi connectivity index (χ0) is 18.1. The first-order valence-electron chi connectivity index (χ1n) is 8.73. The number of amides is 1. The number of aromatic nitrogens is 1. The van der Waals surface area contributed by atoms with E-state index in [9.17, 15) is 4.79 Å². The third kappa shape index (κ3) is 6.84. The molecule has 2 aromatic rings. The second kappa shape index (κ2) is 10.2. The summed E-state index contributed by atoms with van der Waals surface area (Å²) in [5, 5.41) is 6.22. The zero-order valence-electron chi connectivity index (χ0n) is 15.4. The van der Waals surface area contributed by atoms with Gasteiger partial charge in [-0.2, -0.15) is 0 Å². The number of anilines is 1. The number of nitrogens with zero attached hydrogens (tertiary/aromatic N) is 3. The maximum Gasteiger partial charge on any atom is 0.234 e. The van der Waals surface area contributed by atoms with Gasteiger partial charge in [0.05, 0.1) is 17.2 Å². The van der Waals surface area contributed by atoms with E-state index in [-0.39, 0.29) is 5.91 Å². The van der Waals surface area contributed by atoms with E-state index in [2.05, 4.69) is 46.7 Å². The van der Waals surface area contributed by atoms with Gasteiger partial charge in [-0.1, -0.05) is 25.1 Å². The van der Waals surface area contributed by atoms with Crippen LogP contribution in [0, 0.1) is 0 Å². The minimum atomic E-state index is 0.0656. The van der Waals surface area contributed by atoms with Gasteiger partial charge >= 0.3 is 0 Å². The Kier molecular flexibility index (Phi) is 7.88. The molecule has 1 N–H and O–H groups in total. The first-order valence-corrected chi connectivity index (χ1v) is 9.61. The van der Waals surface area contributed by atoms with Crippen LogP contribution in [0.3, 0.4) is 0 Å². The van der Waals surface area contributed by atoms with Crippen molar-refractivity contribution in [1.82, 2.24) is 15.2 Å². The van der Waals surface area contributed by atoms with Crippen LogP contribution in [-0.4, -0.2) is 49.5 Å². The molecule has 136 valence electrons. The van der Waals surface area contributed by atoms with Gasteiger partial charge in [0, 0.05) is 37.7 Å². The van der Waals surface area contributed by atoms with E-state index in [0.717, 1.165) is 30.1 Å². The molecule has 0 spiro atoms. The van der Waals surface area contributed by atoms with Crippen LogP contribution in [0.25, 0.3) is 0 Å². The molecule has 5 nitrogen and oxygen atoms in total. The molecule has 1 aromatic heterocycles. The number of carbonyl (C=O) groups excluding carboxylic acids is 1. The molecule has 1 amide bonds. The number of benzene rings is 1. The van der Waals surface area contributed by atoms with Gasteiger partial charge in [-0.3, -0.25) is 9.69 Å². The number of nitrogens with one attached hydrogen (secondary N) is 1. The summed E-state index contributed by atoms with van der Waals surface area (Å²) in [4.78, 5) is 20.8. The van der Waals surface area contributed by atoms with Gasteiger partial charge in [0.1, 0.15) is 0 Å². The lowest BCUT2D eigenvalue weighted by atomic mass is 10.3. The highest BCUT2D eigenvalue weighted by atomic mass is 32.1. The van der Waals surface area contributed by atoms with Crippen molar-refractivity contribution in [3.8, 4) is 0 Å². The summed E-state index contributed by atoms with van der Waals surface area (Å²) in [6.45, 7) is 4.82. The molecule has 0 saturated heterocycles. The van der Waals surface area contributed by atoms with Crippen LogP contribution in [0.2, 0.25) is 0 Å². The summed E-state index contributed by atoms with van der Waals surface area (Å²) in [7, 11) is 4.02. The third-order valence-electron chi connectivity index (χ3n) is 3.94. The van der Waals surface area contributed by atoms with E-state index in [1.54, 1.807) is 11.3 Å². The molecule has 0 fully saturated rings. The molecule has 0 aliphatic heterocycles. The molecule has 0 aliphatic rings. The number of hydrogen-bond acceptors (Lipinski definition) is 5. The van der Waals surface area contributed by atoms with E-state index >= 15 is 0 Å². The Morgan fingerprint density at radius 3 is 2.68 bits per heavy atom. The predicted octanol–water partition coefficient (Wildman–Crippen LogP) is 2.78. The van der Waals surface area contributed by atoms with Crippen LogP contribution in [0.4, 0.5) is 5.69 Å². The fourth-order valence-corrected chi connectivity index (χ4v) is 3.31. The number of thiazole rings is 1. The fraction of sp³-hybridized carbons (Fsp3) is 0.474. The monoisotopic (exact) mass is 360 g/mol. The molecule has 1 heterocycles. The standard InChI is InChI=1S/C19H28N4OS/c1-4-19-21-16(15-25-19)13-22(2)14-18(24)20-11-8-12-23(3)17-9-6-5-7-10-17/h5-7,9-10,15H,4,8,11-14H2,1-3H3,(H,20,24). The molecule has 0 unspecified atom stereocenters. The van der Waals surface area contributed by atoms with Crippen LogP contribution in [0.1, 0.15) is 24.0 Å². The number of hydrogen-bond donors (Lipinski definition) is 1. The summed E-state index contributed by atoms with van der Waals surface area (Å²) in [6.07, 6.45) is 1.89. The summed E-state index contributed by atoms with van der Waals surface area (Å²) in [6, 6.07) is 10.3. The Morgan fingerprint density at radius 2 is 2.00 bits per heavy atom. The molecule has 0 saturated carbocycles. The van der Waals surface area contributed by atoms with Crippen molar-refractivity contribution < 1.29 is 4.79 Å². The predicted molar refractivity (Wildman–Crippen MR) is 105 cm³/mol. The Labute approximate surface area is 154 Å². The molecule has 25 heavy (non-hydrogen) atoms.